The molecule has 3 N–H and O–H groups in total. The number of hydrogen-bond acceptors (Lipinski definition) is 3. The molecule has 27 heavy (non-hydrogen) atoms. The highest BCUT2D eigenvalue weighted by atomic mass is 32.1. The average molecular weight is 388 g/mol. The summed E-state index contributed by atoms with van der Waals surface area (Å²) >= 11 is 5.57. The van der Waals surface area contributed by atoms with Crippen LogP contribution in [0.3, 0.4) is 0 Å². The molecular weight excluding hydrogens is 361 g/mol. The molecule has 0 spiro atoms. The fraction of sp³-hybridized carbons (Fsp3) is 0.400. The molecule has 0 aliphatic carbocycles. The Morgan fingerprint density at radius 2 is 1.74 bits per heavy atom. The molecule has 0 bridgehead atoms. The fourth-order valence-corrected chi connectivity index (χ4v) is 3.10. The first-order valence-corrected chi connectivity index (χ1v) is 9.32. The maximum Gasteiger partial charge on any atom is 0.150 e. The number of nitrogens with one attached hydrogen (secondary N) is 3. The van der Waals surface area contributed by atoms with E-state index in [0.717, 1.165) is 28.4 Å². The van der Waals surface area contributed by atoms with Gasteiger partial charge in [0.15, 0.2) is 0 Å². The van der Waals surface area contributed by atoms with Crippen LogP contribution >= 0.6 is 12.2 Å². The van der Waals surface area contributed by atoms with Crippen LogP contribution in [0.2, 0.25) is 0 Å². The molecule has 0 saturated carbocycles. The smallest absolute Gasteiger partial charge is 0.150 e. The molecule has 144 valence electrons. The molecule has 2 heterocycles. The second-order valence-electron chi connectivity index (χ2n) is 8.75. The summed E-state index contributed by atoms with van der Waals surface area (Å²) in [6, 6.07) is 6.11. The van der Waals surface area contributed by atoms with Gasteiger partial charge in [0.2, 0.25) is 0 Å². The number of fused-ring (bicyclic) bond motifs is 1. The molecule has 7 heteroatoms. The number of imidazole rings is 1. The Labute approximate surface area is 164 Å². The Morgan fingerprint density at radius 1 is 1.11 bits per heavy atom. The van der Waals surface area contributed by atoms with Crippen LogP contribution in [0.4, 0.5) is 15.9 Å². The summed E-state index contributed by atoms with van der Waals surface area (Å²) in [5.41, 5.74) is 3.20. The van der Waals surface area contributed by atoms with Gasteiger partial charge in [-0.05, 0) is 45.0 Å². The Hall–Kier alpha value is -2.41. The third-order valence-corrected chi connectivity index (χ3v) is 4.37. The Bertz CT molecular complexity index is 971. The van der Waals surface area contributed by atoms with Crippen molar-refractivity contribution in [1.82, 2.24) is 14.6 Å². The number of anilines is 2. The molecule has 5 nitrogen and oxygen atoms in total. The molecule has 0 amide bonds. The summed E-state index contributed by atoms with van der Waals surface area (Å²) in [7, 11) is 0. The highest BCUT2D eigenvalue weighted by molar-refractivity contribution is 7.81. The number of aromatic amines is 1. The minimum Gasteiger partial charge on any atom is -0.364 e. The van der Waals surface area contributed by atoms with Gasteiger partial charge in [-0.25, -0.2) is 4.39 Å². The Kier molecular flexibility index (Phi) is 4.76. The zero-order chi connectivity index (χ0) is 20.0. The van der Waals surface area contributed by atoms with Crippen molar-refractivity contribution in [2.75, 3.05) is 10.6 Å². The summed E-state index contributed by atoms with van der Waals surface area (Å²) in [5.74, 6) is 0.650. The van der Waals surface area contributed by atoms with E-state index in [9.17, 15) is 4.39 Å². The van der Waals surface area contributed by atoms with E-state index in [2.05, 4.69) is 62.3 Å². The normalized spacial score (nSPS) is 12.4. The van der Waals surface area contributed by atoms with Crippen molar-refractivity contribution < 1.29 is 4.39 Å². The van der Waals surface area contributed by atoms with Gasteiger partial charge in [0.1, 0.15) is 22.3 Å². The quantitative estimate of drug-likeness (QED) is 0.548. The molecule has 0 fully saturated rings. The summed E-state index contributed by atoms with van der Waals surface area (Å²) in [4.78, 5) is 4.03. The van der Waals surface area contributed by atoms with E-state index < -0.39 is 0 Å². The first-order valence-electron chi connectivity index (χ1n) is 8.91. The van der Waals surface area contributed by atoms with Gasteiger partial charge in [-0.15, -0.1) is 0 Å². The van der Waals surface area contributed by atoms with Crippen LogP contribution in [0.25, 0.3) is 5.65 Å². The summed E-state index contributed by atoms with van der Waals surface area (Å²) in [6.07, 6.45) is 1.74. The monoisotopic (exact) mass is 387 g/mol. The van der Waals surface area contributed by atoms with Crippen molar-refractivity contribution in [2.24, 2.45) is 0 Å². The summed E-state index contributed by atoms with van der Waals surface area (Å²) < 4.78 is 15.0. The number of nitrogens with zero attached hydrogens (tertiary/aromatic N) is 2. The minimum absolute atomic E-state index is 0.0996. The standard InChI is InChI=1S/C20H26FN5S/c1-19(2,3)15-17(25-20(4,5)6)26-16(24-15)14(11-22-26)18(27)23-13-9-7-12(21)8-10-13/h7-11,24-25H,1-6H3,(H,23,27). The van der Waals surface area contributed by atoms with Crippen LogP contribution in [-0.2, 0) is 5.41 Å². The maximum absolute atomic E-state index is 13.1. The van der Waals surface area contributed by atoms with Crippen LogP contribution in [0.1, 0.15) is 52.8 Å². The molecular formula is C20H26FN5S. The molecule has 0 radical (unpaired) electrons. The molecule has 3 aromatic rings. The van der Waals surface area contributed by atoms with Crippen molar-refractivity contribution in [3.63, 3.8) is 0 Å². The summed E-state index contributed by atoms with van der Waals surface area (Å²) in [6.45, 7) is 12.8. The Morgan fingerprint density at radius 3 is 2.30 bits per heavy atom. The molecule has 1 aromatic carbocycles. The van der Waals surface area contributed by atoms with E-state index in [-0.39, 0.29) is 16.8 Å². The van der Waals surface area contributed by atoms with E-state index in [0.29, 0.717) is 4.99 Å². The highest BCUT2D eigenvalue weighted by Crippen LogP contribution is 2.32. The Balaban J connectivity index is 2.02. The number of aromatic nitrogens is 3. The molecule has 2 aromatic heterocycles. The van der Waals surface area contributed by atoms with Gasteiger partial charge in [0.25, 0.3) is 0 Å². The number of rotatable bonds is 3. The van der Waals surface area contributed by atoms with Gasteiger partial charge >= 0.3 is 0 Å². The maximum atomic E-state index is 13.1. The average Bonchev–Trinajstić information content (AvgIpc) is 3.08. The van der Waals surface area contributed by atoms with Crippen molar-refractivity contribution in [2.45, 2.75) is 52.5 Å². The van der Waals surface area contributed by atoms with Gasteiger partial charge in [-0.1, -0.05) is 33.0 Å². The fourth-order valence-electron chi connectivity index (χ4n) is 2.83. The predicted molar refractivity (Wildman–Crippen MR) is 113 cm³/mol. The lowest BCUT2D eigenvalue weighted by molar-refractivity contribution is 0.565. The van der Waals surface area contributed by atoms with Crippen LogP contribution < -0.4 is 10.6 Å². The van der Waals surface area contributed by atoms with Gasteiger partial charge in [-0.3, -0.25) is 0 Å². The van der Waals surface area contributed by atoms with Crippen molar-refractivity contribution in [3.05, 3.63) is 47.5 Å². The minimum atomic E-state index is -0.281. The van der Waals surface area contributed by atoms with E-state index in [1.165, 1.54) is 12.1 Å². The SMILES string of the molecule is CC(C)(C)Nc1c(C(C)(C)C)[nH]c2c(C(=S)Nc3ccc(F)cc3)cnn12. The van der Waals surface area contributed by atoms with Gasteiger partial charge < -0.3 is 15.6 Å². The lowest BCUT2D eigenvalue weighted by Crippen LogP contribution is -2.29. The van der Waals surface area contributed by atoms with E-state index in [1.54, 1.807) is 18.3 Å². The van der Waals surface area contributed by atoms with Crippen LogP contribution in [0.5, 0.6) is 0 Å². The van der Waals surface area contributed by atoms with Crippen molar-refractivity contribution in [1.29, 1.82) is 0 Å². The van der Waals surface area contributed by atoms with Crippen molar-refractivity contribution in [3.8, 4) is 0 Å². The number of halogens is 1. The molecule has 0 aliphatic heterocycles. The molecule has 3 rings (SSSR count). The van der Waals surface area contributed by atoms with Gasteiger partial charge in [-0.2, -0.15) is 9.61 Å². The van der Waals surface area contributed by atoms with Gasteiger partial charge in [0.05, 0.1) is 17.5 Å². The largest absolute Gasteiger partial charge is 0.364 e. The lowest BCUT2D eigenvalue weighted by atomic mass is 9.91. The summed E-state index contributed by atoms with van der Waals surface area (Å²) in [5, 5.41) is 11.3. The number of thiocarbonyl (C=S) groups is 1. The third-order valence-electron chi connectivity index (χ3n) is 4.05. The topological polar surface area (TPSA) is 57.2 Å². The van der Waals surface area contributed by atoms with Crippen LogP contribution in [0.15, 0.2) is 30.5 Å². The van der Waals surface area contributed by atoms with E-state index in [4.69, 9.17) is 12.2 Å². The molecule has 0 aliphatic rings. The first-order chi connectivity index (χ1) is 12.5. The first kappa shape index (κ1) is 19.4. The lowest BCUT2D eigenvalue weighted by Gasteiger charge is -2.25. The third kappa shape index (κ3) is 4.13. The zero-order valence-corrected chi connectivity index (χ0v) is 17.4. The second-order valence-corrected chi connectivity index (χ2v) is 9.16. The van der Waals surface area contributed by atoms with Gasteiger partial charge in [0, 0.05) is 16.6 Å². The number of benzene rings is 1. The second kappa shape index (κ2) is 6.64. The zero-order valence-electron chi connectivity index (χ0n) is 16.6. The number of H-pyrrole nitrogens is 1. The van der Waals surface area contributed by atoms with Crippen LogP contribution in [0, 0.1) is 5.82 Å². The molecule has 0 atom stereocenters. The van der Waals surface area contributed by atoms with E-state index in [1.807, 2.05) is 4.52 Å². The van der Waals surface area contributed by atoms with Crippen LogP contribution in [-0.4, -0.2) is 25.1 Å². The van der Waals surface area contributed by atoms with Crippen molar-refractivity contribution >= 4 is 34.4 Å². The molecule has 0 saturated heterocycles. The number of hydrogen-bond donors (Lipinski definition) is 3. The molecule has 0 unspecified atom stereocenters. The highest BCUT2D eigenvalue weighted by Gasteiger charge is 2.27. The predicted octanol–water partition coefficient (Wildman–Crippen LogP) is 5.10. The van der Waals surface area contributed by atoms with E-state index >= 15 is 0 Å².